The van der Waals surface area contributed by atoms with Crippen molar-refractivity contribution in [3.05, 3.63) is 23.3 Å². The first-order valence-corrected chi connectivity index (χ1v) is 14.2. The van der Waals surface area contributed by atoms with Crippen LogP contribution in [0.15, 0.2) is 12.1 Å². The zero-order chi connectivity index (χ0) is 32.5. The van der Waals surface area contributed by atoms with E-state index >= 15 is 0 Å². The van der Waals surface area contributed by atoms with E-state index in [1.165, 1.54) is 23.6 Å². The third-order valence-electron chi connectivity index (χ3n) is 7.06. The summed E-state index contributed by atoms with van der Waals surface area (Å²) in [6, 6.07) is 0.539. The number of nitrogens with one attached hydrogen (secondary N) is 1. The molecule has 1 saturated heterocycles. The number of alkyl halides is 4. The highest BCUT2D eigenvalue weighted by atomic mass is 19.4. The second kappa shape index (κ2) is 12.6. The van der Waals surface area contributed by atoms with Gasteiger partial charge in [-0.15, -0.1) is 0 Å². The number of likely N-dealkylation sites (tertiary alicyclic amines) is 1. The second-order valence-corrected chi connectivity index (χ2v) is 12.4. The molecule has 0 aromatic heterocycles. The summed E-state index contributed by atoms with van der Waals surface area (Å²) >= 11 is 0. The SMILES string of the molecule is CC(C)N(C(=O)c1cc2c(cc1C(F)(F)F)OC(C)(C)C(=O)N2CCNC(=O)CF)[C@@H]1CCCN(C(=O)OC(C)(C)C)C1. The molecular formula is C29H40F4N4O6. The van der Waals surface area contributed by atoms with Crippen molar-refractivity contribution in [1.29, 1.82) is 0 Å². The van der Waals surface area contributed by atoms with Gasteiger partial charge in [0.25, 0.3) is 17.7 Å². The highest BCUT2D eigenvalue weighted by Gasteiger charge is 2.45. The molecule has 0 bridgehead atoms. The molecule has 14 heteroatoms. The summed E-state index contributed by atoms with van der Waals surface area (Å²) in [4.78, 5) is 55.4. The van der Waals surface area contributed by atoms with Gasteiger partial charge in [-0.1, -0.05) is 0 Å². The summed E-state index contributed by atoms with van der Waals surface area (Å²) in [7, 11) is 0. The minimum atomic E-state index is -4.95. The fourth-order valence-electron chi connectivity index (χ4n) is 5.24. The minimum absolute atomic E-state index is 0.0707. The van der Waals surface area contributed by atoms with Crippen molar-refractivity contribution in [3.8, 4) is 5.75 Å². The van der Waals surface area contributed by atoms with Crippen molar-refractivity contribution in [2.75, 3.05) is 37.8 Å². The van der Waals surface area contributed by atoms with Crippen LogP contribution in [0.4, 0.5) is 28.0 Å². The maximum Gasteiger partial charge on any atom is 0.417 e. The molecule has 43 heavy (non-hydrogen) atoms. The van der Waals surface area contributed by atoms with Crippen molar-refractivity contribution < 1.29 is 46.2 Å². The van der Waals surface area contributed by atoms with Crippen LogP contribution in [0.5, 0.6) is 5.75 Å². The molecule has 1 aromatic carbocycles. The summed E-state index contributed by atoms with van der Waals surface area (Å²) in [6.07, 6.45) is -4.57. The van der Waals surface area contributed by atoms with Crippen molar-refractivity contribution in [2.24, 2.45) is 0 Å². The average molecular weight is 617 g/mol. The predicted octanol–water partition coefficient (Wildman–Crippen LogP) is 4.55. The second-order valence-electron chi connectivity index (χ2n) is 12.4. The van der Waals surface area contributed by atoms with E-state index in [1.807, 2.05) is 0 Å². The molecule has 1 fully saturated rings. The van der Waals surface area contributed by atoms with Gasteiger partial charge in [-0.2, -0.15) is 13.2 Å². The summed E-state index contributed by atoms with van der Waals surface area (Å²) in [5.41, 5.74) is -4.32. The molecule has 1 N–H and O–H groups in total. The Morgan fingerprint density at radius 3 is 2.40 bits per heavy atom. The number of ether oxygens (including phenoxy) is 2. The van der Waals surface area contributed by atoms with Crippen LogP contribution in [-0.4, -0.2) is 89.8 Å². The number of rotatable bonds is 7. The van der Waals surface area contributed by atoms with Crippen LogP contribution in [0.25, 0.3) is 0 Å². The third-order valence-corrected chi connectivity index (χ3v) is 7.06. The van der Waals surface area contributed by atoms with Gasteiger partial charge in [0.2, 0.25) is 0 Å². The Morgan fingerprint density at radius 2 is 1.84 bits per heavy atom. The first kappa shape index (κ1) is 33.9. The molecule has 0 aliphatic carbocycles. The molecule has 0 radical (unpaired) electrons. The Bertz CT molecular complexity index is 1240. The maximum absolute atomic E-state index is 14.4. The van der Waals surface area contributed by atoms with Gasteiger partial charge >= 0.3 is 12.3 Å². The van der Waals surface area contributed by atoms with E-state index in [0.717, 1.165) is 11.0 Å². The fourth-order valence-corrected chi connectivity index (χ4v) is 5.24. The Morgan fingerprint density at radius 1 is 1.19 bits per heavy atom. The largest absolute Gasteiger partial charge is 0.476 e. The third kappa shape index (κ3) is 7.88. The highest BCUT2D eigenvalue weighted by Crippen LogP contribution is 2.44. The van der Waals surface area contributed by atoms with Crippen molar-refractivity contribution >= 4 is 29.5 Å². The molecule has 1 atom stereocenters. The van der Waals surface area contributed by atoms with E-state index in [4.69, 9.17) is 9.47 Å². The molecule has 10 nitrogen and oxygen atoms in total. The predicted molar refractivity (Wildman–Crippen MR) is 150 cm³/mol. The maximum atomic E-state index is 14.4. The summed E-state index contributed by atoms with van der Waals surface area (Å²) < 4.78 is 67.1. The number of halogens is 4. The van der Waals surface area contributed by atoms with E-state index in [1.54, 1.807) is 34.6 Å². The number of benzene rings is 1. The molecule has 4 amide bonds. The Hall–Kier alpha value is -3.58. The molecule has 2 heterocycles. The quantitative estimate of drug-likeness (QED) is 0.451. The molecule has 1 aromatic rings. The van der Waals surface area contributed by atoms with Gasteiger partial charge in [-0.3, -0.25) is 14.4 Å². The van der Waals surface area contributed by atoms with Gasteiger partial charge in [-0.25, -0.2) is 9.18 Å². The lowest BCUT2D eigenvalue weighted by Gasteiger charge is -2.42. The number of hydrogen-bond donors (Lipinski definition) is 1. The van der Waals surface area contributed by atoms with E-state index in [0.29, 0.717) is 25.5 Å². The van der Waals surface area contributed by atoms with Crippen LogP contribution in [0.1, 0.15) is 77.2 Å². The summed E-state index contributed by atoms with van der Waals surface area (Å²) in [6.45, 7) is 10.1. The number of nitrogens with zero attached hydrogens (tertiary/aromatic N) is 3. The molecule has 0 spiro atoms. The van der Waals surface area contributed by atoms with E-state index < -0.39 is 71.1 Å². The molecular weight excluding hydrogens is 576 g/mol. The Kier molecular flexibility index (Phi) is 9.91. The fraction of sp³-hybridized carbons (Fsp3) is 0.655. The van der Waals surface area contributed by atoms with Gasteiger partial charge in [0.05, 0.1) is 22.9 Å². The lowest BCUT2D eigenvalue weighted by molar-refractivity contribution is -0.138. The molecule has 2 aliphatic rings. The highest BCUT2D eigenvalue weighted by molar-refractivity contribution is 6.05. The number of fused-ring (bicyclic) bond motifs is 1. The Balaban J connectivity index is 2.05. The molecule has 0 saturated carbocycles. The van der Waals surface area contributed by atoms with Crippen molar-refractivity contribution in [3.63, 3.8) is 0 Å². The van der Waals surface area contributed by atoms with Crippen LogP contribution in [0, 0.1) is 0 Å². The summed E-state index contributed by atoms with van der Waals surface area (Å²) in [5.74, 6) is -2.73. The van der Waals surface area contributed by atoms with Crippen LogP contribution in [0.3, 0.4) is 0 Å². The average Bonchev–Trinajstić information content (AvgIpc) is 2.88. The smallest absolute Gasteiger partial charge is 0.417 e. The number of amides is 4. The topological polar surface area (TPSA) is 108 Å². The summed E-state index contributed by atoms with van der Waals surface area (Å²) in [5, 5.41) is 2.29. The number of hydrogen-bond acceptors (Lipinski definition) is 6. The zero-order valence-corrected chi connectivity index (χ0v) is 25.6. The lowest BCUT2D eigenvalue weighted by Crippen LogP contribution is -2.55. The van der Waals surface area contributed by atoms with Crippen LogP contribution in [0.2, 0.25) is 0 Å². The van der Waals surface area contributed by atoms with E-state index in [-0.39, 0.29) is 31.1 Å². The van der Waals surface area contributed by atoms with Crippen LogP contribution in [-0.2, 0) is 20.5 Å². The van der Waals surface area contributed by atoms with Gasteiger partial charge < -0.3 is 29.5 Å². The van der Waals surface area contributed by atoms with E-state index in [2.05, 4.69) is 5.32 Å². The minimum Gasteiger partial charge on any atom is -0.476 e. The van der Waals surface area contributed by atoms with Gasteiger partial charge in [0.1, 0.15) is 11.4 Å². The monoisotopic (exact) mass is 616 g/mol. The van der Waals surface area contributed by atoms with Gasteiger partial charge in [0, 0.05) is 32.2 Å². The molecule has 2 aliphatic heterocycles. The first-order chi connectivity index (χ1) is 19.8. The van der Waals surface area contributed by atoms with Crippen molar-refractivity contribution in [1.82, 2.24) is 15.1 Å². The molecule has 0 unspecified atom stereocenters. The number of carbonyl (C=O) groups excluding carboxylic acids is 4. The van der Waals surface area contributed by atoms with Gasteiger partial charge in [-0.05, 0) is 73.4 Å². The molecule has 240 valence electrons. The van der Waals surface area contributed by atoms with Crippen molar-refractivity contribution in [2.45, 2.75) is 90.8 Å². The zero-order valence-electron chi connectivity index (χ0n) is 25.6. The standard InChI is InChI=1S/C29H40F4N4O6/c1-17(2)37(18-9-8-11-35(16-18)26(41)43-27(3,4)5)24(39)19-13-21-22(14-20(19)29(31,32)33)42-28(6,7)25(40)36(21)12-10-34-23(38)15-30/h13-14,17-18H,8-12,15-16H2,1-7H3,(H,34,38)/t18-/m1/s1. The normalized spacial score (nSPS) is 18.6. The van der Waals surface area contributed by atoms with Crippen LogP contribution >= 0.6 is 0 Å². The van der Waals surface area contributed by atoms with Gasteiger partial charge in [0.15, 0.2) is 12.3 Å². The number of carbonyl (C=O) groups is 4. The lowest BCUT2D eigenvalue weighted by atomic mass is 9.96. The number of piperidine rings is 1. The first-order valence-electron chi connectivity index (χ1n) is 14.2. The van der Waals surface area contributed by atoms with Crippen LogP contribution < -0.4 is 15.0 Å². The van der Waals surface area contributed by atoms with E-state index in [9.17, 15) is 36.7 Å². The molecule has 3 rings (SSSR count). The Labute approximate surface area is 248 Å². The number of anilines is 1.